The molecule has 0 spiro atoms. The maximum Gasteiger partial charge on any atom is 0.135 e. The van der Waals surface area contributed by atoms with Crippen LogP contribution < -0.4 is 0 Å². The van der Waals surface area contributed by atoms with E-state index in [2.05, 4.69) is 13.8 Å². The van der Waals surface area contributed by atoms with Crippen LogP contribution in [-0.2, 0) is 4.79 Å². The van der Waals surface area contributed by atoms with Crippen molar-refractivity contribution in [3.8, 4) is 0 Å². The largest absolute Gasteiger partial charge is 0.393 e. The van der Waals surface area contributed by atoms with Crippen molar-refractivity contribution in [2.45, 2.75) is 90.6 Å². The molecular weight excluding hydrogens is 212 g/mol. The molecule has 0 aromatic rings. The highest BCUT2D eigenvalue weighted by molar-refractivity contribution is 5.78. The van der Waals surface area contributed by atoms with Crippen LogP contribution in [-0.4, -0.2) is 17.0 Å². The molecule has 102 valence electrons. The third-order valence-electron chi connectivity index (χ3n) is 3.16. The average molecular weight is 242 g/mol. The molecule has 17 heavy (non-hydrogen) atoms. The van der Waals surface area contributed by atoms with Crippen LogP contribution in [0.2, 0.25) is 0 Å². The molecule has 0 aliphatic heterocycles. The number of hydrogen-bond acceptors (Lipinski definition) is 2. The summed E-state index contributed by atoms with van der Waals surface area (Å²) in [4.78, 5) is 11.5. The SMILES string of the molecule is CCCCCCCC(O)CC(=O)CCCCC. The second-order valence-corrected chi connectivity index (χ2v) is 5.06. The van der Waals surface area contributed by atoms with Crippen LogP contribution in [0.4, 0.5) is 0 Å². The molecule has 0 bridgehead atoms. The molecule has 0 saturated carbocycles. The average Bonchev–Trinajstić information content (AvgIpc) is 2.29. The van der Waals surface area contributed by atoms with E-state index in [0.29, 0.717) is 12.8 Å². The molecule has 0 aliphatic rings. The zero-order valence-electron chi connectivity index (χ0n) is 11.7. The van der Waals surface area contributed by atoms with Gasteiger partial charge in [0.2, 0.25) is 0 Å². The van der Waals surface area contributed by atoms with E-state index in [1.165, 1.54) is 25.7 Å². The van der Waals surface area contributed by atoms with E-state index < -0.39 is 6.10 Å². The van der Waals surface area contributed by atoms with Gasteiger partial charge in [0.05, 0.1) is 6.10 Å². The highest BCUT2D eigenvalue weighted by atomic mass is 16.3. The lowest BCUT2D eigenvalue weighted by atomic mass is 10.0. The van der Waals surface area contributed by atoms with Crippen molar-refractivity contribution in [2.75, 3.05) is 0 Å². The Hall–Kier alpha value is -0.370. The van der Waals surface area contributed by atoms with Crippen LogP contribution in [0.1, 0.15) is 84.5 Å². The number of unbranched alkanes of at least 4 members (excludes halogenated alkanes) is 6. The second kappa shape index (κ2) is 12.1. The molecule has 0 heterocycles. The zero-order valence-corrected chi connectivity index (χ0v) is 11.7. The number of aliphatic hydroxyl groups is 1. The molecule has 1 N–H and O–H groups in total. The Balaban J connectivity index is 3.37. The Morgan fingerprint density at radius 3 is 2.18 bits per heavy atom. The van der Waals surface area contributed by atoms with E-state index >= 15 is 0 Å². The van der Waals surface area contributed by atoms with Crippen molar-refractivity contribution >= 4 is 5.78 Å². The topological polar surface area (TPSA) is 37.3 Å². The van der Waals surface area contributed by atoms with E-state index in [9.17, 15) is 9.90 Å². The molecule has 1 atom stereocenters. The molecule has 1 unspecified atom stereocenters. The van der Waals surface area contributed by atoms with Crippen LogP contribution >= 0.6 is 0 Å². The predicted octanol–water partition coefficient (Wildman–Crippen LogP) is 4.25. The Morgan fingerprint density at radius 2 is 1.53 bits per heavy atom. The number of Topliss-reactive ketones (excluding diaryl/α,β-unsaturated/α-hetero) is 1. The lowest BCUT2D eigenvalue weighted by Crippen LogP contribution is -2.13. The molecule has 0 aromatic carbocycles. The van der Waals surface area contributed by atoms with Crippen molar-refractivity contribution < 1.29 is 9.90 Å². The van der Waals surface area contributed by atoms with Gasteiger partial charge in [0, 0.05) is 12.8 Å². The first-order valence-electron chi connectivity index (χ1n) is 7.40. The smallest absolute Gasteiger partial charge is 0.135 e. The molecule has 0 aromatic heterocycles. The predicted molar refractivity (Wildman–Crippen MR) is 73.1 cm³/mol. The number of rotatable bonds is 12. The summed E-state index contributed by atoms with van der Waals surface area (Å²) in [5.74, 6) is 0.236. The Kier molecular flexibility index (Phi) is 11.8. The van der Waals surface area contributed by atoms with Gasteiger partial charge in [0.25, 0.3) is 0 Å². The van der Waals surface area contributed by atoms with Crippen LogP contribution in [0.15, 0.2) is 0 Å². The molecule has 0 rings (SSSR count). The van der Waals surface area contributed by atoms with Gasteiger partial charge in [-0.15, -0.1) is 0 Å². The van der Waals surface area contributed by atoms with Gasteiger partial charge in [-0.05, 0) is 12.8 Å². The Labute approximate surface area is 107 Å². The first-order chi connectivity index (χ1) is 8.20. The summed E-state index contributed by atoms with van der Waals surface area (Å²) >= 11 is 0. The van der Waals surface area contributed by atoms with Crippen LogP contribution in [0.3, 0.4) is 0 Å². The minimum Gasteiger partial charge on any atom is -0.393 e. The van der Waals surface area contributed by atoms with E-state index in [1.807, 2.05) is 0 Å². The number of ketones is 1. The molecular formula is C15H30O2. The van der Waals surface area contributed by atoms with Crippen molar-refractivity contribution in [1.82, 2.24) is 0 Å². The van der Waals surface area contributed by atoms with Crippen molar-refractivity contribution in [1.29, 1.82) is 0 Å². The summed E-state index contributed by atoms with van der Waals surface area (Å²) in [6, 6.07) is 0. The summed E-state index contributed by atoms with van der Waals surface area (Å²) in [7, 11) is 0. The van der Waals surface area contributed by atoms with Gasteiger partial charge in [0.1, 0.15) is 5.78 Å². The Morgan fingerprint density at radius 1 is 0.941 bits per heavy atom. The summed E-state index contributed by atoms with van der Waals surface area (Å²) in [6.07, 6.45) is 10.7. The third kappa shape index (κ3) is 11.9. The van der Waals surface area contributed by atoms with Crippen LogP contribution in [0, 0.1) is 0 Å². The van der Waals surface area contributed by atoms with Gasteiger partial charge in [-0.3, -0.25) is 4.79 Å². The summed E-state index contributed by atoms with van der Waals surface area (Å²) in [5, 5.41) is 9.71. The van der Waals surface area contributed by atoms with Crippen LogP contribution in [0.5, 0.6) is 0 Å². The lowest BCUT2D eigenvalue weighted by molar-refractivity contribution is -0.121. The van der Waals surface area contributed by atoms with Crippen molar-refractivity contribution in [3.63, 3.8) is 0 Å². The molecule has 2 nitrogen and oxygen atoms in total. The van der Waals surface area contributed by atoms with Gasteiger partial charge in [0.15, 0.2) is 0 Å². The first-order valence-corrected chi connectivity index (χ1v) is 7.40. The second-order valence-electron chi connectivity index (χ2n) is 5.06. The third-order valence-corrected chi connectivity index (χ3v) is 3.16. The maximum absolute atomic E-state index is 11.5. The van der Waals surface area contributed by atoms with Crippen molar-refractivity contribution in [3.05, 3.63) is 0 Å². The highest BCUT2D eigenvalue weighted by Crippen LogP contribution is 2.11. The summed E-state index contributed by atoms with van der Waals surface area (Å²) in [5.41, 5.74) is 0. The van der Waals surface area contributed by atoms with E-state index in [0.717, 1.165) is 32.1 Å². The molecule has 0 amide bonds. The summed E-state index contributed by atoms with van der Waals surface area (Å²) in [6.45, 7) is 4.33. The van der Waals surface area contributed by atoms with Gasteiger partial charge in [-0.25, -0.2) is 0 Å². The van der Waals surface area contributed by atoms with E-state index in [1.54, 1.807) is 0 Å². The van der Waals surface area contributed by atoms with Gasteiger partial charge in [-0.1, -0.05) is 58.8 Å². The summed E-state index contributed by atoms with van der Waals surface area (Å²) < 4.78 is 0. The monoisotopic (exact) mass is 242 g/mol. The normalized spacial score (nSPS) is 12.6. The first kappa shape index (κ1) is 16.6. The van der Waals surface area contributed by atoms with Crippen molar-refractivity contribution in [2.24, 2.45) is 0 Å². The molecule has 0 aliphatic carbocycles. The molecule has 0 saturated heterocycles. The molecule has 0 fully saturated rings. The fraction of sp³-hybridized carbons (Fsp3) is 0.933. The van der Waals surface area contributed by atoms with E-state index in [4.69, 9.17) is 0 Å². The van der Waals surface area contributed by atoms with Crippen LogP contribution in [0.25, 0.3) is 0 Å². The highest BCUT2D eigenvalue weighted by Gasteiger charge is 2.09. The fourth-order valence-corrected chi connectivity index (χ4v) is 2.02. The van der Waals surface area contributed by atoms with Gasteiger partial charge in [-0.2, -0.15) is 0 Å². The van der Waals surface area contributed by atoms with Gasteiger partial charge >= 0.3 is 0 Å². The lowest BCUT2D eigenvalue weighted by Gasteiger charge is -2.09. The number of hydrogen-bond donors (Lipinski definition) is 1. The minimum atomic E-state index is -0.397. The number of carbonyl (C=O) groups excluding carboxylic acids is 1. The van der Waals surface area contributed by atoms with Gasteiger partial charge < -0.3 is 5.11 Å². The maximum atomic E-state index is 11.5. The molecule has 2 heteroatoms. The fourth-order valence-electron chi connectivity index (χ4n) is 2.02. The number of carbonyl (C=O) groups is 1. The quantitative estimate of drug-likeness (QED) is 0.519. The Bertz CT molecular complexity index is 178. The molecule has 0 radical (unpaired) electrons. The minimum absolute atomic E-state index is 0.236. The standard InChI is InChI=1S/C15H30O2/c1-3-5-7-8-10-12-15(17)13-14(16)11-9-6-4-2/h15,17H,3-13H2,1-2H3. The zero-order chi connectivity index (χ0) is 12.9. The van der Waals surface area contributed by atoms with E-state index in [-0.39, 0.29) is 5.78 Å². The number of aliphatic hydroxyl groups excluding tert-OH is 1.